The van der Waals surface area contributed by atoms with Crippen LogP contribution in [0, 0.1) is 6.92 Å². The van der Waals surface area contributed by atoms with E-state index in [4.69, 9.17) is 11.5 Å². The average molecular weight is 310 g/mol. The number of nitrogens with two attached hydrogens (primary N) is 2. The van der Waals surface area contributed by atoms with Gasteiger partial charge in [0.15, 0.2) is 5.17 Å². The van der Waals surface area contributed by atoms with E-state index in [0.29, 0.717) is 5.17 Å². The van der Waals surface area contributed by atoms with Crippen molar-refractivity contribution >= 4 is 47.4 Å². The molecule has 0 fully saturated rings. The lowest BCUT2D eigenvalue weighted by molar-refractivity contribution is 0.810. The number of aliphatic imine (C=N–C) groups is 1. The summed E-state index contributed by atoms with van der Waals surface area (Å²) in [5.41, 5.74) is 14.8. The van der Waals surface area contributed by atoms with Crippen LogP contribution in [0.15, 0.2) is 23.2 Å². The first kappa shape index (κ1) is 19.9. The van der Waals surface area contributed by atoms with Gasteiger partial charge in [-0.25, -0.2) is 4.99 Å². The van der Waals surface area contributed by atoms with Crippen LogP contribution in [-0.2, 0) is 0 Å². The zero-order chi connectivity index (χ0) is 12.1. The van der Waals surface area contributed by atoms with Gasteiger partial charge in [0.05, 0.1) is 5.69 Å². The van der Waals surface area contributed by atoms with E-state index in [1.807, 2.05) is 32.0 Å². The lowest BCUT2D eigenvalue weighted by atomic mass is 10.0. The number of thioether (sulfide) groups is 1. The van der Waals surface area contributed by atoms with Gasteiger partial charge in [0.2, 0.25) is 0 Å². The Morgan fingerprint density at radius 2 is 2.00 bits per heavy atom. The Hall–Kier alpha value is -0.420. The van der Waals surface area contributed by atoms with Gasteiger partial charge in [-0.05, 0) is 36.8 Å². The predicted octanol–water partition coefficient (Wildman–Crippen LogP) is 3.56. The number of hydrogen-bond donors (Lipinski definition) is 2. The third-order valence-corrected chi connectivity index (χ3v) is 3.04. The highest BCUT2D eigenvalue weighted by Gasteiger charge is 2.07. The topological polar surface area (TPSA) is 64.4 Å². The number of benzene rings is 1. The van der Waals surface area contributed by atoms with Crippen LogP contribution in [0.2, 0.25) is 0 Å². The average Bonchev–Trinajstić information content (AvgIpc) is 2.21. The summed E-state index contributed by atoms with van der Waals surface area (Å²) in [7, 11) is 0. The summed E-state index contributed by atoms with van der Waals surface area (Å²) in [6, 6.07) is 5.98. The number of hydrogen-bond acceptors (Lipinski definition) is 3. The zero-order valence-electron chi connectivity index (χ0n) is 10.8. The number of halogens is 2. The molecule has 0 saturated heterocycles. The molecule has 3 nitrogen and oxygen atoms in total. The molecule has 1 rings (SSSR count). The molecular formula is C12H21Cl2N3S. The van der Waals surface area contributed by atoms with E-state index < -0.39 is 0 Å². The second-order valence-corrected chi connectivity index (χ2v) is 4.95. The SMILES string of the molecule is CCSC(N)=Nc1cccc(C(C)N)c1C.Cl.Cl. The van der Waals surface area contributed by atoms with Gasteiger partial charge in [0.1, 0.15) is 0 Å². The van der Waals surface area contributed by atoms with Crippen molar-refractivity contribution in [1.82, 2.24) is 0 Å². The van der Waals surface area contributed by atoms with E-state index >= 15 is 0 Å². The van der Waals surface area contributed by atoms with Crippen molar-refractivity contribution in [3.63, 3.8) is 0 Å². The molecule has 6 heteroatoms. The molecular weight excluding hydrogens is 289 g/mol. The van der Waals surface area contributed by atoms with E-state index in [9.17, 15) is 0 Å². The summed E-state index contributed by atoms with van der Waals surface area (Å²) >= 11 is 1.55. The third-order valence-electron chi connectivity index (χ3n) is 2.36. The maximum Gasteiger partial charge on any atom is 0.159 e. The summed E-state index contributed by atoms with van der Waals surface area (Å²) in [6.07, 6.45) is 0. The smallest absolute Gasteiger partial charge is 0.159 e. The highest BCUT2D eigenvalue weighted by atomic mass is 35.5. The first-order valence-electron chi connectivity index (χ1n) is 5.38. The number of amidine groups is 1. The van der Waals surface area contributed by atoms with E-state index in [2.05, 4.69) is 11.9 Å². The van der Waals surface area contributed by atoms with Crippen molar-refractivity contribution < 1.29 is 0 Å². The standard InChI is InChI=1S/C12H19N3S.2ClH/c1-4-16-12(14)15-11-7-5-6-10(8(11)2)9(3)13;;/h5-7,9H,4,13H2,1-3H3,(H2,14,15);2*1H. The summed E-state index contributed by atoms with van der Waals surface area (Å²) in [4.78, 5) is 4.39. The minimum absolute atomic E-state index is 0. The van der Waals surface area contributed by atoms with Gasteiger partial charge in [-0.1, -0.05) is 30.8 Å². The van der Waals surface area contributed by atoms with Crippen molar-refractivity contribution in [3.05, 3.63) is 29.3 Å². The Morgan fingerprint density at radius 1 is 1.39 bits per heavy atom. The van der Waals surface area contributed by atoms with E-state index in [0.717, 1.165) is 22.6 Å². The van der Waals surface area contributed by atoms with Gasteiger partial charge in [0.25, 0.3) is 0 Å². The Morgan fingerprint density at radius 3 is 2.50 bits per heavy atom. The fraction of sp³-hybridized carbons (Fsp3) is 0.417. The van der Waals surface area contributed by atoms with E-state index in [1.54, 1.807) is 11.8 Å². The van der Waals surface area contributed by atoms with Gasteiger partial charge in [0, 0.05) is 6.04 Å². The van der Waals surface area contributed by atoms with Gasteiger partial charge in [-0.15, -0.1) is 24.8 Å². The molecule has 0 aliphatic heterocycles. The normalized spacial score (nSPS) is 12.3. The molecule has 0 spiro atoms. The summed E-state index contributed by atoms with van der Waals surface area (Å²) in [5.74, 6) is 0.932. The van der Waals surface area contributed by atoms with Crippen molar-refractivity contribution in [3.8, 4) is 0 Å². The molecule has 1 aromatic rings. The second-order valence-electron chi connectivity index (χ2n) is 3.66. The molecule has 0 radical (unpaired) electrons. The maximum atomic E-state index is 5.89. The van der Waals surface area contributed by atoms with Crippen LogP contribution in [0.4, 0.5) is 5.69 Å². The lowest BCUT2D eigenvalue weighted by Crippen LogP contribution is -2.08. The van der Waals surface area contributed by atoms with Gasteiger partial charge in [-0.3, -0.25) is 0 Å². The highest BCUT2D eigenvalue weighted by Crippen LogP contribution is 2.25. The molecule has 0 bridgehead atoms. The molecule has 0 aliphatic carbocycles. The second kappa shape index (κ2) is 9.50. The molecule has 0 aromatic heterocycles. The summed E-state index contributed by atoms with van der Waals surface area (Å²) < 4.78 is 0. The van der Waals surface area contributed by atoms with Crippen molar-refractivity contribution in [2.75, 3.05) is 5.75 Å². The molecule has 4 N–H and O–H groups in total. The molecule has 0 amide bonds. The minimum Gasteiger partial charge on any atom is -0.378 e. The van der Waals surface area contributed by atoms with Crippen molar-refractivity contribution in [2.24, 2.45) is 16.5 Å². The minimum atomic E-state index is 0. The molecule has 104 valence electrons. The van der Waals surface area contributed by atoms with Crippen LogP contribution in [-0.4, -0.2) is 10.9 Å². The summed E-state index contributed by atoms with van der Waals surface area (Å²) in [5, 5.41) is 0.604. The lowest BCUT2D eigenvalue weighted by Gasteiger charge is -2.11. The molecule has 18 heavy (non-hydrogen) atoms. The molecule has 0 aliphatic rings. The van der Waals surface area contributed by atoms with Gasteiger partial charge in [-0.2, -0.15) is 0 Å². The zero-order valence-corrected chi connectivity index (χ0v) is 13.3. The monoisotopic (exact) mass is 309 g/mol. The molecule has 0 heterocycles. The molecule has 1 aromatic carbocycles. The first-order chi connectivity index (χ1) is 7.56. The van der Waals surface area contributed by atoms with Crippen LogP contribution in [0.25, 0.3) is 0 Å². The predicted molar refractivity (Wildman–Crippen MR) is 87.7 cm³/mol. The fourth-order valence-electron chi connectivity index (χ4n) is 1.55. The highest BCUT2D eigenvalue weighted by molar-refractivity contribution is 8.13. The molecule has 0 saturated carbocycles. The van der Waals surface area contributed by atoms with E-state index in [1.165, 1.54) is 0 Å². The van der Waals surface area contributed by atoms with Crippen LogP contribution < -0.4 is 11.5 Å². The maximum absolute atomic E-state index is 5.89. The van der Waals surface area contributed by atoms with Crippen molar-refractivity contribution in [1.29, 1.82) is 0 Å². The first-order valence-corrected chi connectivity index (χ1v) is 6.36. The third kappa shape index (κ3) is 5.48. The van der Waals surface area contributed by atoms with Crippen LogP contribution in [0.3, 0.4) is 0 Å². The number of rotatable bonds is 3. The Bertz CT molecular complexity index is 395. The Kier molecular flexibility index (Phi) is 10.5. The molecule has 1 atom stereocenters. The largest absolute Gasteiger partial charge is 0.378 e. The van der Waals surface area contributed by atoms with Crippen molar-refractivity contribution in [2.45, 2.75) is 26.8 Å². The Labute approximate surface area is 126 Å². The van der Waals surface area contributed by atoms with E-state index in [-0.39, 0.29) is 30.9 Å². The quantitative estimate of drug-likeness (QED) is 0.663. The Balaban J connectivity index is 0. The van der Waals surface area contributed by atoms with Crippen LogP contribution in [0.1, 0.15) is 31.0 Å². The molecule has 1 unspecified atom stereocenters. The van der Waals surface area contributed by atoms with Crippen LogP contribution in [0.5, 0.6) is 0 Å². The van der Waals surface area contributed by atoms with Crippen LogP contribution >= 0.6 is 36.6 Å². The number of nitrogens with zero attached hydrogens (tertiary/aromatic N) is 1. The van der Waals surface area contributed by atoms with Gasteiger partial charge < -0.3 is 11.5 Å². The van der Waals surface area contributed by atoms with Gasteiger partial charge >= 0.3 is 0 Å². The summed E-state index contributed by atoms with van der Waals surface area (Å²) in [6.45, 7) is 6.06. The fourth-order valence-corrected chi connectivity index (χ4v) is 2.01.